The van der Waals surface area contributed by atoms with Crippen molar-refractivity contribution in [2.75, 3.05) is 18.9 Å². The van der Waals surface area contributed by atoms with Crippen LogP contribution in [0.1, 0.15) is 0 Å². The number of nitrogens with zero attached hydrogens (tertiary/aromatic N) is 1. The number of ether oxygens (including phenoxy) is 2. The maximum absolute atomic E-state index is 12.8. The Morgan fingerprint density at radius 1 is 0.960 bits per heavy atom. The fourth-order valence-electron chi connectivity index (χ4n) is 2.33. The molecule has 0 fully saturated rings. The number of rotatable bonds is 6. The van der Waals surface area contributed by atoms with E-state index in [1.54, 1.807) is 6.07 Å². The van der Waals surface area contributed by atoms with Crippen LogP contribution in [0.3, 0.4) is 0 Å². The maximum atomic E-state index is 12.8. The molecule has 3 rings (SSSR count). The van der Waals surface area contributed by atoms with Crippen LogP contribution in [-0.4, -0.2) is 27.8 Å². The van der Waals surface area contributed by atoms with Crippen molar-refractivity contribution in [2.24, 2.45) is 0 Å². The minimum absolute atomic E-state index is 0.0619. The summed E-state index contributed by atoms with van der Waals surface area (Å²) in [5.41, 5.74) is 0.787. The largest absolute Gasteiger partial charge is 0.495 e. The third-order valence-electron chi connectivity index (χ3n) is 3.46. The van der Waals surface area contributed by atoms with Gasteiger partial charge in [0.1, 0.15) is 11.5 Å². The molecule has 130 valence electrons. The molecule has 2 aromatic carbocycles. The number of aromatic nitrogens is 1. The Morgan fingerprint density at radius 3 is 2.20 bits per heavy atom. The molecule has 0 unspecified atom stereocenters. The first-order valence-corrected chi connectivity index (χ1v) is 8.79. The first-order valence-electron chi connectivity index (χ1n) is 7.31. The van der Waals surface area contributed by atoms with Crippen LogP contribution in [0.5, 0.6) is 11.5 Å². The molecule has 25 heavy (non-hydrogen) atoms. The van der Waals surface area contributed by atoms with E-state index in [2.05, 4.69) is 9.88 Å². The fourth-order valence-corrected chi connectivity index (χ4v) is 3.64. The SMILES string of the molecule is COc1cccc(OC)c1S(=O)(=O)Nc1cc(-c2ccccc2)on1. The van der Waals surface area contributed by atoms with Gasteiger partial charge < -0.3 is 14.0 Å². The zero-order chi connectivity index (χ0) is 17.9. The van der Waals surface area contributed by atoms with E-state index < -0.39 is 10.0 Å². The van der Waals surface area contributed by atoms with Gasteiger partial charge in [0.15, 0.2) is 16.5 Å². The second-order valence-electron chi connectivity index (χ2n) is 5.04. The van der Waals surface area contributed by atoms with Crippen molar-refractivity contribution in [2.45, 2.75) is 4.90 Å². The molecule has 0 aliphatic rings. The van der Waals surface area contributed by atoms with Gasteiger partial charge in [-0.1, -0.05) is 41.6 Å². The van der Waals surface area contributed by atoms with E-state index in [1.165, 1.54) is 32.4 Å². The molecule has 0 saturated carbocycles. The predicted molar refractivity (Wildman–Crippen MR) is 92.3 cm³/mol. The Balaban J connectivity index is 1.95. The molecule has 0 amide bonds. The monoisotopic (exact) mass is 360 g/mol. The number of hydrogen-bond acceptors (Lipinski definition) is 6. The van der Waals surface area contributed by atoms with Crippen molar-refractivity contribution in [3.05, 3.63) is 54.6 Å². The van der Waals surface area contributed by atoms with Gasteiger partial charge in [0.05, 0.1) is 14.2 Å². The second kappa shape index (κ2) is 6.86. The molecular weight excluding hydrogens is 344 g/mol. The standard InChI is InChI=1S/C17H16N2O5S/c1-22-13-9-6-10-14(23-2)17(13)25(20,21)19-16-11-15(24-18-16)12-7-4-3-5-8-12/h3-11H,1-2H3,(H,18,19). The van der Waals surface area contributed by atoms with Crippen LogP contribution in [-0.2, 0) is 10.0 Å². The molecule has 0 aliphatic carbocycles. The second-order valence-corrected chi connectivity index (χ2v) is 6.66. The zero-order valence-corrected chi connectivity index (χ0v) is 14.4. The van der Waals surface area contributed by atoms with Crippen LogP contribution in [0, 0.1) is 0 Å². The zero-order valence-electron chi connectivity index (χ0n) is 13.6. The molecule has 0 spiro atoms. The van der Waals surface area contributed by atoms with Crippen molar-refractivity contribution in [3.63, 3.8) is 0 Å². The third kappa shape index (κ3) is 3.43. The Hall–Kier alpha value is -3.00. The summed E-state index contributed by atoms with van der Waals surface area (Å²) in [4.78, 5) is -0.107. The Kier molecular flexibility index (Phi) is 4.62. The molecular formula is C17H16N2O5S. The predicted octanol–water partition coefficient (Wildman–Crippen LogP) is 3.16. The molecule has 8 heteroatoms. The van der Waals surface area contributed by atoms with Crippen LogP contribution in [0.15, 0.2) is 64.0 Å². The van der Waals surface area contributed by atoms with Crippen molar-refractivity contribution >= 4 is 15.8 Å². The molecule has 0 radical (unpaired) electrons. The van der Waals surface area contributed by atoms with Gasteiger partial charge in [0.25, 0.3) is 10.0 Å². The highest BCUT2D eigenvalue weighted by Gasteiger charge is 2.26. The van der Waals surface area contributed by atoms with Gasteiger partial charge in [-0.2, -0.15) is 0 Å². The molecule has 1 N–H and O–H groups in total. The van der Waals surface area contributed by atoms with Gasteiger partial charge in [0, 0.05) is 11.6 Å². The molecule has 0 atom stereocenters. The number of benzene rings is 2. The lowest BCUT2D eigenvalue weighted by atomic mass is 10.2. The van der Waals surface area contributed by atoms with Crippen molar-refractivity contribution in [1.82, 2.24) is 5.16 Å². The van der Waals surface area contributed by atoms with Crippen LogP contribution in [0.2, 0.25) is 0 Å². The van der Waals surface area contributed by atoms with Crippen molar-refractivity contribution in [1.29, 1.82) is 0 Å². The molecule has 0 saturated heterocycles. The van der Waals surface area contributed by atoms with E-state index >= 15 is 0 Å². The summed E-state index contributed by atoms with van der Waals surface area (Å²) in [7, 11) is -1.22. The van der Waals surface area contributed by atoms with Crippen molar-refractivity contribution in [3.8, 4) is 22.8 Å². The Labute approximate surface area is 145 Å². The van der Waals surface area contributed by atoms with Gasteiger partial charge in [-0.3, -0.25) is 4.72 Å². The lowest BCUT2D eigenvalue weighted by Crippen LogP contribution is -2.15. The number of methoxy groups -OCH3 is 2. The van der Waals surface area contributed by atoms with Crippen LogP contribution in [0.4, 0.5) is 5.82 Å². The quantitative estimate of drug-likeness (QED) is 0.726. The number of anilines is 1. The number of sulfonamides is 1. The Bertz CT molecular complexity index is 945. The summed E-state index contributed by atoms with van der Waals surface area (Å²) in [6.45, 7) is 0. The average Bonchev–Trinajstić information content (AvgIpc) is 3.09. The lowest BCUT2D eigenvalue weighted by Gasteiger charge is -2.13. The van der Waals surface area contributed by atoms with Gasteiger partial charge in [-0.15, -0.1) is 0 Å². The van der Waals surface area contributed by atoms with Gasteiger partial charge in [-0.05, 0) is 12.1 Å². The maximum Gasteiger partial charge on any atom is 0.270 e. The third-order valence-corrected chi connectivity index (χ3v) is 4.88. The van der Waals surface area contributed by atoms with Gasteiger partial charge in [0.2, 0.25) is 0 Å². The summed E-state index contributed by atoms with van der Waals surface area (Å²) in [6.07, 6.45) is 0. The highest BCUT2D eigenvalue weighted by molar-refractivity contribution is 7.93. The average molecular weight is 360 g/mol. The van der Waals surface area contributed by atoms with E-state index in [0.29, 0.717) is 5.76 Å². The Morgan fingerprint density at radius 2 is 1.60 bits per heavy atom. The summed E-state index contributed by atoms with van der Waals surface area (Å²) in [5, 5.41) is 3.77. The number of nitrogens with one attached hydrogen (secondary N) is 1. The van der Waals surface area contributed by atoms with E-state index in [0.717, 1.165) is 5.56 Å². The van der Waals surface area contributed by atoms with Crippen molar-refractivity contribution < 1.29 is 22.4 Å². The topological polar surface area (TPSA) is 90.7 Å². The van der Waals surface area contributed by atoms with E-state index in [-0.39, 0.29) is 22.2 Å². The summed E-state index contributed by atoms with van der Waals surface area (Å²) in [6, 6.07) is 15.5. The molecule has 0 bridgehead atoms. The highest BCUT2D eigenvalue weighted by Crippen LogP contribution is 2.34. The molecule has 7 nitrogen and oxygen atoms in total. The minimum Gasteiger partial charge on any atom is -0.495 e. The number of hydrogen-bond donors (Lipinski definition) is 1. The molecule has 0 aliphatic heterocycles. The van der Waals surface area contributed by atoms with E-state index in [9.17, 15) is 8.42 Å². The van der Waals surface area contributed by atoms with E-state index in [4.69, 9.17) is 14.0 Å². The minimum atomic E-state index is -3.99. The molecule has 3 aromatic rings. The lowest BCUT2D eigenvalue weighted by molar-refractivity contribution is 0.373. The normalized spacial score (nSPS) is 11.1. The smallest absolute Gasteiger partial charge is 0.270 e. The summed E-state index contributed by atoms with van der Waals surface area (Å²) in [5.74, 6) is 0.842. The summed E-state index contributed by atoms with van der Waals surface area (Å²) < 4.78 is 43.4. The van der Waals surface area contributed by atoms with Crippen LogP contribution in [0.25, 0.3) is 11.3 Å². The summed E-state index contributed by atoms with van der Waals surface area (Å²) >= 11 is 0. The first-order chi connectivity index (χ1) is 12.0. The van der Waals surface area contributed by atoms with Gasteiger partial charge >= 0.3 is 0 Å². The highest BCUT2D eigenvalue weighted by atomic mass is 32.2. The van der Waals surface area contributed by atoms with Gasteiger partial charge in [-0.25, -0.2) is 8.42 Å². The van der Waals surface area contributed by atoms with Crippen LogP contribution < -0.4 is 14.2 Å². The first kappa shape index (κ1) is 16.8. The molecule has 1 heterocycles. The van der Waals surface area contributed by atoms with E-state index in [1.807, 2.05) is 30.3 Å². The fraction of sp³-hybridized carbons (Fsp3) is 0.118. The van der Waals surface area contributed by atoms with Crippen LogP contribution >= 0.6 is 0 Å². The molecule has 1 aromatic heterocycles.